The molecule has 0 heterocycles. The first-order valence-corrected chi connectivity index (χ1v) is 7.72. The Bertz CT molecular complexity index is 573. The highest BCUT2D eigenvalue weighted by molar-refractivity contribution is 5.90. The standard InChI is InChI=1S/C17H22N2O4/c1-23-15(11-6-3-2-4-7-11)17(22)19-14(16(18)21)12-8-5-9-13(20)10-12/h2-4,6-7,12,14-15H,5,8-10H2,1H3,(H2,18,21)(H,19,22)/t12-,14+,15+/m1/s1. The smallest absolute Gasteiger partial charge is 0.254 e. The van der Waals surface area contributed by atoms with E-state index in [9.17, 15) is 14.4 Å². The second-order valence-corrected chi connectivity index (χ2v) is 5.81. The largest absolute Gasteiger partial charge is 0.368 e. The van der Waals surface area contributed by atoms with Gasteiger partial charge < -0.3 is 15.8 Å². The minimum atomic E-state index is -0.854. The van der Waals surface area contributed by atoms with Crippen LogP contribution < -0.4 is 11.1 Å². The predicted molar refractivity (Wildman–Crippen MR) is 84.3 cm³/mol. The fraction of sp³-hybridized carbons (Fsp3) is 0.471. The second-order valence-electron chi connectivity index (χ2n) is 5.81. The van der Waals surface area contributed by atoms with Gasteiger partial charge in [-0.25, -0.2) is 0 Å². The Hall–Kier alpha value is -2.21. The average Bonchev–Trinajstić information content (AvgIpc) is 2.54. The number of benzene rings is 1. The Kier molecular flexibility index (Phi) is 5.87. The molecule has 1 aromatic carbocycles. The van der Waals surface area contributed by atoms with Gasteiger partial charge in [-0.3, -0.25) is 14.4 Å². The van der Waals surface area contributed by atoms with E-state index in [1.54, 1.807) is 24.3 Å². The van der Waals surface area contributed by atoms with Crippen molar-refractivity contribution in [1.29, 1.82) is 0 Å². The summed E-state index contributed by atoms with van der Waals surface area (Å²) in [5, 5.41) is 2.67. The molecule has 6 nitrogen and oxygen atoms in total. The lowest BCUT2D eigenvalue weighted by Crippen LogP contribution is -2.51. The van der Waals surface area contributed by atoms with Gasteiger partial charge in [0.15, 0.2) is 6.10 Å². The van der Waals surface area contributed by atoms with Crippen LogP contribution in [0.2, 0.25) is 0 Å². The van der Waals surface area contributed by atoms with Gasteiger partial charge in [0.05, 0.1) is 0 Å². The number of methoxy groups -OCH3 is 1. The Morgan fingerprint density at radius 1 is 1.30 bits per heavy atom. The number of primary amides is 1. The number of Topliss-reactive ketones (excluding diaryl/α,β-unsaturated/α-hetero) is 1. The molecule has 3 N–H and O–H groups in total. The van der Waals surface area contributed by atoms with E-state index in [2.05, 4.69) is 5.32 Å². The predicted octanol–water partition coefficient (Wildman–Crippen LogP) is 1.10. The van der Waals surface area contributed by atoms with Gasteiger partial charge in [-0.1, -0.05) is 30.3 Å². The summed E-state index contributed by atoms with van der Waals surface area (Å²) in [6.45, 7) is 0. The van der Waals surface area contributed by atoms with Gasteiger partial charge in [0.2, 0.25) is 5.91 Å². The first kappa shape index (κ1) is 17.1. The van der Waals surface area contributed by atoms with Crippen LogP contribution >= 0.6 is 0 Å². The molecule has 0 radical (unpaired) electrons. The van der Waals surface area contributed by atoms with Crippen LogP contribution in [0.4, 0.5) is 0 Å². The fourth-order valence-corrected chi connectivity index (χ4v) is 3.02. The van der Waals surface area contributed by atoms with E-state index in [1.807, 2.05) is 6.07 Å². The summed E-state index contributed by atoms with van der Waals surface area (Å²) in [6.07, 6.45) is 1.40. The van der Waals surface area contributed by atoms with Crippen LogP contribution in [-0.4, -0.2) is 30.7 Å². The van der Waals surface area contributed by atoms with Crippen LogP contribution in [0.5, 0.6) is 0 Å². The van der Waals surface area contributed by atoms with Crippen molar-refractivity contribution in [3.63, 3.8) is 0 Å². The number of carbonyl (C=O) groups excluding carboxylic acids is 3. The minimum absolute atomic E-state index is 0.105. The molecule has 0 aromatic heterocycles. The number of ether oxygens (including phenoxy) is 1. The monoisotopic (exact) mass is 318 g/mol. The van der Waals surface area contributed by atoms with Crippen LogP contribution in [0.3, 0.4) is 0 Å². The number of amides is 2. The molecule has 0 aliphatic heterocycles. The molecule has 1 aliphatic rings. The molecule has 1 aromatic rings. The maximum atomic E-state index is 12.5. The normalized spacial score (nSPS) is 20.6. The van der Waals surface area contributed by atoms with Gasteiger partial charge >= 0.3 is 0 Å². The van der Waals surface area contributed by atoms with Crippen LogP contribution in [0.1, 0.15) is 37.4 Å². The number of hydrogen-bond donors (Lipinski definition) is 2. The van der Waals surface area contributed by atoms with Crippen molar-refractivity contribution in [2.24, 2.45) is 11.7 Å². The summed E-state index contributed by atoms with van der Waals surface area (Å²) < 4.78 is 5.26. The first-order chi connectivity index (χ1) is 11.0. The number of nitrogens with one attached hydrogen (secondary N) is 1. The fourth-order valence-electron chi connectivity index (χ4n) is 3.02. The van der Waals surface area contributed by atoms with E-state index >= 15 is 0 Å². The van der Waals surface area contributed by atoms with Crippen molar-refractivity contribution >= 4 is 17.6 Å². The summed E-state index contributed by atoms with van der Waals surface area (Å²) in [5.74, 6) is -1.19. The van der Waals surface area contributed by atoms with E-state index < -0.39 is 24.0 Å². The van der Waals surface area contributed by atoms with E-state index in [0.29, 0.717) is 18.4 Å². The molecule has 1 saturated carbocycles. The molecule has 0 saturated heterocycles. The maximum absolute atomic E-state index is 12.5. The lowest BCUT2D eigenvalue weighted by Gasteiger charge is -2.29. The summed E-state index contributed by atoms with van der Waals surface area (Å²) in [4.78, 5) is 35.8. The Labute approximate surface area is 135 Å². The van der Waals surface area contributed by atoms with Gasteiger partial charge in [0, 0.05) is 20.0 Å². The van der Waals surface area contributed by atoms with E-state index in [1.165, 1.54) is 7.11 Å². The van der Waals surface area contributed by atoms with Crippen LogP contribution in [0.15, 0.2) is 30.3 Å². The SMILES string of the molecule is CO[C@H](C(=O)N[C@H](C(N)=O)[C@@H]1CCCC(=O)C1)c1ccccc1. The van der Waals surface area contributed by atoms with Gasteiger partial charge in [-0.15, -0.1) is 0 Å². The number of hydrogen-bond acceptors (Lipinski definition) is 4. The summed E-state index contributed by atoms with van der Waals surface area (Å²) in [6, 6.07) is 8.15. The van der Waals surface area contributed by atoms with Crippen LogP contribution in [-0.2, 0) is 19.1 Å². The molecule has 124 valence electrons. The molecule has 2 rings (SSSR count). The first-order valence-electron chi connectivity index (χ1n) is 7.72. The lowest BCUT2D eigenvalue weighted by molar-refractivity contribution is -0.136. The van der Waals surface area contributed by atoms with Crippen LogP contribution in [0, 0.1) is 5.92 Å². The third kappa shape index (κ3) is 4.39. The van der Waals surface area contributed by atoms with Crippen molar-refractivity contribution in [3.8, 4) is 0 Å². The maximum Gasteiger partial charge on any atom is 0.254 e. The quantitative estimate of drug-likeness (QED) is 0.820. The molecule has 23 heavy (non-hydrogen) atoms. The number of ketones is 1. The van der Waals surface area contributed by atoms with Crippen molar-refractivity contribution in [1.82, 2.24) is 5.32 Å². The molecular formula is C17H22N2O4. The highest BCUT2D eigenvalue weighted by Gasteiger charge is 2.34. The molecule has 0 bridgehead atoms. The molecule has 1 aliphatic carbocycles. The molecule has 1 fully saturated rings. The molecule has 6 heteroatoms. The third-order valence-corrected chi connectivity index (χ3v) is 4.17. The van der Waals surface area contributed by atoms with Gasteiger partial charge in [0.1, 0.15) is 11.8 Å². The molecule has 2 amide bonds. The highest BCUT2D eigenvalue weighted by Crippen LogP contribution is 2.25. The second kappa shape index (κ2) is 7.87. The lowest BCUT2D eigenvalue weighted by atomic mass is 9.82. The zero-order valence-corrected chi connectivity index (χ0v) is 13.2. The van der Waals surface area contributed by atoms with Crippen LogP contribution in [0.25, 0.3) is 0 Å². The van der Waals surface area contributed by atoms with Crippen molar-refractivity contribution in [2.45, 2.75) is 37.8 Å². The Morgan fingerprint density at radius 2 is 2.00 bits per heavy atom. The molecule has 0 unspecified atom stereocenters. The summed E-state index contributed by atoms with van der Waals surface area (Å²) in [7, 11) is 1.43. The van der Waals surface area contributed by atoms with Crippen molar-refractivity contribution in [3.05, 3.63) is 35.9 Å². The number of rotatable bonds is 6. The Morgan fingerprint density at radius 3 is 2.57 bits per heavy atom. The third-order valence-electron chi connectivity index (χ3n) is 4.17. The number of nitrogens with two attached hydrogens (primary N) is 1. The van der Waals surface area contributed by atoms with E-state index in [0.717, 1.165) is 6.42 Å². The van der Waals surface area contributed by atoms with Gasteiger partial charge in [-0.2, -0.15) is 0 Å². The van der Waals surface area contributed by atoms with Crippen molar-refractivity contribution < 1.29 is 19.1 Å². The summed E-state index contributed by atoms with van der Waals surface area (Å²) >= 11 is 0. The van der Waals surface area contributed by atoms with E-state index in [-0.39, 0.29) is 18.1 Å². The molecular weight excluding hydrogens is 296 g/mol. The van der Waals surface area contributed by atoms with E-state index in [4.69, 9.17) is 10.5 Å². The zero-order chi connectivity index (χ0) is 16.8. The topological polar surface area (TPSA) is 98.5 Å². The van der Waals surface area contributed by atoms with Crippen molar-refractivity contribution in [2.75, 3.05) is 7.11 Å². The number of carbonyl (C=O) groups is 3. The highest BCUT2D eigenvalue weighted by atomic mass is 16.5. The van der Waals surface area contributed by atoms with Gasteiger partial charge in [-0.05, 0) is 24.3 Å². The van der Waals surface area contributed by atoms with Gasteiger partial charge in [0.25, 0.3) is 5.91 Å². The summed E-state index contributed by atoms with van der Waals surface area (Å²) in [5.41, 5.74) is 6.13. The average molecular weight is 318 g/mol. The zero-order valence-electron chi connectivity index (χ0n) is 13.2. The minimum Gasteiger partial charge on any atom is -0.368 e. The molecule has 3 atom stereocenters. The molecule has 0 spiro atoms. The Balaban J connectivity index is 2.10.